The number of aromatic nitrogens is 3. The van der Waals surface area contributed by atoms with Crippen LogP contribution in [0.5, 0.6) is 0 Å². The summed E-state index contributed by atoms with van der Waals surface area (Å²) in [6.45, 7) is 2.75. The standard InChI is InChI=1S/C14H16ClN5O2/c1-2-13-17-14-6-3-9(8-19(14)18-13)16-12-5-4-10(20(21)22)7-11(12)15/h4-5,7,9,16H,2-3,6,8H2,1H3. The topological polar surface area (TPSA) is 85.9 Å². The Morgan fingerprint density at radius 2 is 2.36 bits per heavy atom. The van der Waals surface area contributed by atoms with Crippen LogP contribution in [0.1, 0.15) is 25.0 Å². The average molecular weight is 322 g/mol. The molecule has 0 saturated carbocycles. The molecule has 0 aliphatic carbocycles. The van der Waals surface area contributed by atoms with E-state index in [1.807, 2.05) is 11.6 Å². The van der Waals surface area contributed by atoms with Crippen molar-refractivity contribution in [2.45, 2.75) is 38.8 Å². The molecule has 1 unspecified atom stereocenters. The van der Waals surface area contributed by atoms with Crippen molar-refractivity contribution in [2.24, 2.45) is 0 Å². The van der Waals surface area contributed by atoms with Crippen molar-refractivity contribution in [3.63, 3.8) is 0 Å². The molecule has 0 fully saturated rings. The third-order valence-corrected chi connectivity index (χ3v) is 4.05. The summed E-state index contributed by atoms with van der Waals surface area (Å²) in [5, 5.41) is 18.9. The number of nitro benzene ring substituents is 1. The fourth-order valence-corrected chi connectivity index (χ4v) is 2.81. The van der Waals surface area contributed by atoms with Crippen LogP contribution >= 0.6 is 11.6 Å². The van der Waals surface area contributed by atoms with E-state index in [0.717, 1.165) is 37.5 Å². The molecule has 1 aliphatic rings. The van der Waals surface area contributed by atoms with E-state index >= 15 is 0 Å². The van der Waals surface area contributed by atoms with Crippen LogP contribution in [0.2, 0.25) is 5.02 Å². The first kappa shape index (κ1) is 14.8. The number of benzene rings is 1. The Hall–Kier alpha value is -2.15. The summed E-state index contributed by atoms with van der Waals surface area (Å²) >= 11 is 6.12. The molecule has 8 heteroatoms. The second-order valence-electron chi connectivity index (χ2n) is 5.28. The minimum absolute atomic E-state index is 0.00894. The van der Waals surface area contributed by atoms with Gasteiger partial charge in [-0.2, -0.15) is 5.10 Å². The summed E-state index contributed by atoms with van der Waals surface area (Å²) in [6.07, 6.45) is 2.61. The van der Waals surface area contributed by atoms with Crippen molar-refractivity contribution >= 4 is 23.0 Å². The lowest BCUT2D eigenvalue weighted by Gasteiger charge is -2.24. The molecule has 0 spiro atoms. The summed E-state index contributed by atoms with van der Waals surface area (Å²) in [5.41, 5.74) is 0.696. The van der Waals surface area contributed by atoms with Gasteiger partial charge in [-0.1, -0.05) is 18.5 Å². The van der Waals surface area contributed by atoms with E-state index in [-0.39, 0.29) is 11.7 Å². The highest BCUT2D eigenvalue weighted by Gasteiger charge is 2.22. The van der Waals surface area contributed by atoms with Crippen molar-refractivity contribution in [2.75, 3.05) is 5.32 Å². The Bertz CT molecular complexity index is 715. The minimum Gasteiger partial charge on any atom is -0.379 e. The van der Waals surface area contributed by atoms with Crippen LogP contribution in [0, 0.1) is 10.1 Å². The first-order valence-corrected chi connectivity index (χ1v) is 7.57. The summed E-state index contributed by atoms with van der Waals surface area (Å²) in [4.78, 5) is 14.8. The van der Waals surface area contributed by atoms with Crippen LogP contribution in [0.25, 0.3) is 0 Å². The smallest absolute Gasteiger partial charge is 0.271 e. The van der Waals surface area contributed by atoms with Gasteiger partial charge in [-0.15, -0.1) is 0 Å². The zero-order valence-electron chi connectivity index (χ0n) is 12.1. The molecule has 2 heterocycles. The molecular formula is C14H16ClN5O2. The number of nitrogens with zero attached hydrogens (tertiary/aromatic N) is 4. The minimum atomic E-state index is -0.454. The fraction of sp³-hybridized carbons (Fsp3) is 0.429. The second kappa shape index (κ2) is 5.92. The fourth-order valence-electron chi connectivity index (χ4n) is 2.58. The normalized spacial score (nSPS) is 17.1. The first-order chi connectivity index (χ1) is 10.6. The zero-order valence-corrected chi connectivity index (χ0v) is 12.9. The van der Waals surface area contributed by atoms with E-state index in [9.17, 15) is 10.1 Å². The number of aryl methyl sites for hydroxylation is 2. The summed E-state index contributed by atoms with van der Waals surface area (Å²) in [7, 11) is 0. The lowest BCUT2D eigenvalue weighted by atomic mass is 10.1. The number of anilines is 1. The molecule has 22 heavy (non-hydrogen) atoms. The highest BCUT2D eigenvalue weighted by atomic mass is 35.5. The maximum atomic E-state index is 10.7. The molecule has 1 aromatic carbocycles. The Kier molecular flexibility index (Phi) is 3.98. The van der Waals surface area contributed by atoms with Crippen LogP contribution in [0.15, 0.2) is 18.2 Å². The van der Waals surface area contributed by atoms with Crippen molar-refractivity contribution < 1.29 is 4.92 Å². The number of hydrogen-bond donors (Lipinski definition) is 1. The van der Waals surface area contributed by atoms with Crippen LogP contribution < -0.4 is 5.32 Å². The van der Waals surface area contributed by atoms with Gasteiger partial charge >= 0.3 is 0 Å². The predicted octanol–water partition coefficient (Wildman–Crippen LogP) is 2.83. The lowest BCUT2D eigenvalue weighted by molar-refractivity contribution is -0.384. The molecule has 0 amide bonds. The monoisotopic (exact) mass is 321 g/mol. The number of nitrogens with one attached hydrogen (secondary N) is 1. The molecule has 1 aromatic heterocycles. The lowest BCUT2D eigenvalue weighted by Crippen LogP contribution is -2.32. The van der Waals surface area contributed by atoms with Gasteiger partial charge in [0, 0.05) is 31.0 Å². The molecule has 7 nitrogen and oxygen atoms in total. The largest absolute Gasteiger partial charge is 0.379 e. The zero-order chi connectivity index (χ0) is 15.7. The van der Waals surface area contributed by atoms with Crippen LogP contribution in [0.3, 0.4) is 0 Å². The highest BCUT2D eigenvalue weighted by Crippen LogP contribution is 2.28. The summed E-state index contributed by atoms with van der Waals surface area (Å²) in [5.74, 6) is 1.88. The van der Waals surface area contributed by atoms with Gasteiger partial charge in [0.05, 0.1) is 22.2 Å². The van der Waals surface area contributed by atoms with Gasteiger partial charge in [-0.05, 0) is 12.5 Å². The van der Waals surface area contributed by atoms with Gasteiger partial charge in [0.2, 0.25) is 0 Å². The van der Waals surface area contributed by atoms with Gasteiger partial charge in [-0.25, -0.2) is 9.67 Å². The summed E-state index contributed by atoms with van der Waals surface area (Å²) < 4.78 is 1.93. The maximum absolute atomic E-state index is 10.7. The van der Waals surface area contributed by atoms with E-state index in [4.69, 9.17) is 11.6 Å². The molecule has 0 bridgehead atoms. The van der Waals surface area contributed by atoms with Gasteiger partial charge in [0.15, 0.2) is 5.82 Å². The SMILES string of the molecule is CCc1nc2n(n1)CC(Nc1ccc([N+](=O)[O-])cc1Cl)CC2. The van der Waals surface area contributed by atoms with Crippen molar-refractivity contribution in [3.8, 4) is 0 Å². The molecular weight excluding hydrogens is 306 g/mol. The summed E-state index contributed by atoms with van der Waals surface area (Å²) in [6, 6.07) is 4.64. The van der Waals surface area contributed by atoms with Crippen molar-refractivity contribution in [1.29, 1.82) is 0 Å². The van der Waals surface area contributed by atoms with Crippen molar-refractivity contribution in [3.05, 3.63) is 45.0 Å². The van der Waals surface area contributed by atoms with Crippen LogP contribution in [0.4, 0.5) is 11.4 Å². The number of rotatable bonds is 4. The molecule has 2 aromatic rings. The van der Waals surface area contributed by atoms with E-state index in [0.29, 0.717) is 10.7 Å². The molecule has 3 rings (SSSR count). The number of non-ortho nitro benzene ring substituents is 1. The first-order valence-electron chi connectivity index (χ1n) is 7.20. The van der Waals surface area contributed by atoms with E-state index in [1.165, 1.54) is 12.1 Å². The highest BCUT2D eigenvalue weighted by molar-refractivity contribution is 6.33. The van der Waals surface area contributed by atoms with E-state index in [1.54, 1.807) is 6.07 Å². The average Bonchev–Trinajstić information content (AvgIpc) is 2.91. The number of halogens is 1. The third-order valence-electron chi connectivity index (χ3n) is 3.74. The maximum Gasteiger partial charge on any atom is 0.271 e. The van der Waals surface area contributed by atoms with E-state index in [2.05, 4.69) is 15.4 Å². The Morgan fingerprint density at radius 3 is 3.05 bits per heavy atom. The predicted molar refractivity (Wildman–Crippen MR) is 83.2 cm³/mol. The molecule has 1 aliphatic heterocycles. The third kappa shape index (κ3) is 2.89. The van der Waals surface area contributed by atoms with Gasteiger partial charge in [0.25, 0.3) is 5.69 Å². The Labute approximate surface area is 132 Å². The number of hydrogen-bond acceptors (Lipinski definition) is 5. The van der Waals surface area contributed by atoms with E-state index < -0.39 is 4.92 Å². The molecule has 0 radical (unpaired) electrons. The quantitative estimate of drug-likeness (QED) is 0.691. The molecule has 1 atom stereocenters. The van der Waals surface area contributed by atoms with Gasteiger partial charge in [0.1, 0.15) is 5.82 Å². The van der Waals surface area contributed by atoms with Crippen LogP contribution in [-0.2, 0) is 19.4 Å². The molecule has 0 saturated heterocycles. The Balaban J connectivity index is 1.73. The van der Waals surface area contributed by atoms with Gasteiger partial charge < -0.3 is 5.32 Å². The van der Waals surface area contributed by atoms with Crippen LogP contribution in [-0.4, -0.2) is 25.7 Å². The molecule has 116 valence electrons. The molecule has 1 N–H and O–H groups in total. The second-order valence-corrected chi connectivity index (χ2v) is 5.69. The number of nitro groups is 1. The van der Waals surface area contributed by atoms with Crippen molar-refractivity contribution in [1.82, 2.24) is 14.8 Å². The Morgan fingerprint density at radius 1 is 1.55 bits per heavy atom. The van der Waals surface area contributed by atoms with Gasteiger partial charge in [-0.3, -0.25) is 10.1 Å². The number of fused-ring (bicyclic) bond motifs is 1.